The SMILES string of the molecule is CCCC(CNC(=O)OCC1c2ccccc2-c2ccccc21)C(=O)N(CC)C(C)CC(=O)O. The Hall–Kier alpha value is -3.35. The molecule has 1 aliphatic rings. The Morgan fingerprint density at radius 2 is 1.62 bits per heavy atom. The molecule has 0 saturated carbocycles. The third-order valence-electron chi connectivity index (χ3n) is 6.45. The van der Waals surface area contributed by atoms with Crippen molar-refractivity contribution in [1.29, 1.82) is 0 Å². The Morgan fingerprint density at radius 1 is 1.03 bits per heavy atom. The number of amides is 2. The maximum absolute atomic E-state index is 13.1. The van der Waals surface area contributed by atoms with Crippen LogP contribution < -0.4 is 5.32 Å². The summed E-state index contributed by atoms with van der Waals surface area (Å²) < 4.78 is 5.58. The first-order valence-corrected chi connectivity index (χ1v) is 12.0. The van der Waals surface area contributed by atoms with Crippen LogP contribution in [0.15, 0.2) is 48.5 Å². The summed E-state index contributed by atoms with van der Waals surface area (Å²) in [4.78, 5) is 38.3. The van der Waals surface area contributed by atoms with E-state index in [2.05, 4.69) is 29.6 Å². The van der Waals surface area contributed by atoms with Gasteiger partial charge < -0.3 is 20.1 Å². The summed E-state index contributed by atoms with van der Waals surface area (Å²) in [5.41, 5.74) is 4.61. The number of carboxylic acid groups (broad SMARTS) is 1. The van der Waals surface area contributed by atoms with Gasteiger partial charge >= 0.3 is 12.1 Å². The van der Waals surface area contributed by atoms with Gasteiger partial charge in [-0.25, -0.2) is 4.79 Å². The minimum absolute atomic E-state index is 0.0290. The molecule has 2 N–H and O–H groups in total. The molecule has 0 fully saturated rings. The molecule has 7 nitrogen and oxygen atoms in total. The monoisotopic (exact) mass is 466 g/mol. The van der Waals surface area contributed by atoms with Gasteiger partial charge in [-0.2, -0.15) is 0 Å². The van der Waals surface area contributed by atoms with Crippen molar-refractivity contribution in [1.82, 2.24) is 10.2 Å². The fourth-order valence-corrected chi connectivity index (χ4v) is 4.80. The van der Waals surface area contributed by atoms with E-state index in [9.17, 15) is 14.4 Å². The lowest BCUT2D eigenvalue weighted by Crippen LogP contribution is -2.46. The number of hydrogen-bond donors (Lipinski definition) is 2. The number of carbonyl (C=O) groups excluding carboxylic acids is 2. The Labute approximate surface area is 201 Å². The highest BCUT2D eigenvalue weighted by Crippen LogP contribution is 2.44. The zero-order valence-electron chi connectivity index (χ0n) is 20.1. The van der Waals surface area contributed by atoms with Crippen LogP contribution in [0, 0.1) is 5.92 Å². The van der Waals surface area contributed by atoms with Crippen molar-refractivity contribution in [3.8, 4) is 11.1 Å². The number of rotatable bonds is 11. The van der Waals surface area contributed by atoms with Gasteiger partial charge in [0, 0.05) is 25.0 Å². The van der Waals surface area contributed by atoms with E-state index < -0.39 is 24.0 Å². The Morgan fingerprint density at radius 3 is 2.15 bits per heavy atom. The van der Waals surface area contributed by atoms with Crippen molar-refractivity contribution in [2.45, 2.75) is 52.0 Å². The molecule has 2 unspecified atom stereocenters. The smallest absolute Gasteiger partial charge is 0.407 e. The van der Waals surface area contributed by atoms with Gasteiger partial charge in [0.15, 0.2) is 0 Å². The Kier molecular flexibility index (Phi) is 8.68. The number of nitrogens with zero attached hydrogens (tertiary/aromatic N) is 1. The lowest BCUT2D eigenvalue weighted by atomic mass is 9.98. The van der Waals surface area contributed by atoms with Crippen LogP contribution in [0.25, 0.3) is 11.1 Å². The van der Waals surface area contributed by atoms with Crippen LogP contribution in [0.4, 0.5) is 4.79 Å². The van der Waals surface area contributed by atoms with Gasteiger partial charge in [-0.05, 0) is 42.5 Å². The maximum Gasteiger partial charge on any atom is 0.407 e. The molecule has 2 atom stereocenters. The van der Waals surface area contributed by atoms with Crippen molar-refractivity contribution in [2.75, 3.05) is 19.7 Å². The van der Waals surface area contributed by atoms with Gasteiger partial charge in [-0.3, -0.25) is 9.59 Å². The minimum Gasteiger partial charge on any atom is -0.481 e. The number of benzene rings is 2. The van der Waals surface area contributed by atoms with E-state index in [0.29, 0.717) is 13.0 Å². The quantitative estimate of drug-likeness (QED) is 0.502. The molecule has 0 bridgehead atoms. The van der Waals surface area contributed by atoms with Crippen molar-refractivity contribution < 1.29 is 24.2 Å². The molecular weight excluding hydrogens is 432 g/mol. The van der Waals surface area contributed by atoms with E-state index in [4.69, 9.17) is 9.84 Å². The summed E-state index contributed by atoms with van der Waals surface area (Å²) in [5.74, 6) is -1.54. The third-order valence-corrected chi connectivity index (χ3v) is 6.45. The molecule has 7 heteroatoms. The highest BCUT2D eigenvalue weighted by Gasteiger charge is 2.30. The van der Waals surface area contributed by atoms with E-state index in [1.807, 2.05) is 38.1 Å². The number of nitrogens with one attached hydrogen (secondary N) is 1. The summed E-state index contributed by atoms with van der Waals surface area (Å²) in [5, 5.41) is 11.8. The minimum atomic E-state index is -0.942. The van der Waals surface area contributed by atoms with Crippen molar-refractivity contribution in [3.63, 3.8) is 0 Å². The van der Waals surface area contributed by atoms with E-state index >= 15 is 0 Å². The average molecular weight is 467 g/mol. The molecule has 182 valence electrons. The summed E-state index contributed by atoms with van der Waals surface area (Å²) in [6.45, 7) is 6.32. The molecule has 0 heterocycles. The van der Waals surface area contributed by atoms with Gasteiger partial charge in [0.25, 0.3) is 0 Å². The summed E-state index contributed by atoms with van der Waals surface area (Å²) in [6, 6.07) is 15.9. The second kappa shape index (κ2) is 11.7. The summed E-state index contributed by atoms with van der Waals surface area (Å²) in [6.07, 6.45) is 0.697. The predicted octanol–water partition coefficient (Wildman–Crippen LogP) is 4.65. The predicted molar refractivity (Wildman–Crippen MR) is 131 cm³/mol. The zero-order valence-corrected chi connectivity index (χ0v) is 20.1. The van der Waals surface area contributed by atoms with E-state index in [0.717, 1.165) is 28.7 Å². The number of carbonyl (C=O) groups is 3. The van der Waals surface area contributed by atoms with Gasteiger partial charge in [0.05, 0.1) is 12.3 Å². The van der Waals surface area contributed by atoms with Gasteiger partial charge in [-0.1, -0.05) is 61.9 Å². The first-order chi connectivity index (χ1) is 16.4. The molecule has 2 aromatic carbocycles. The van der Waals surface area contributed by atoms with Crippen LogP contribution in [-0.2, 0) is 14.3 Å². The van der Waals surface area contributed by atoms with Crippen LogP contribution in [0.2, 0.25) is 0 Å². The number of hydrogen-bond acceptors (Lipinski definition) is 4. The second-order valence-corrected chi connectivity index (χ2v) is 8.76. The maximum atomic E-state index is 13.1. The number of fused-ring (bicyclic) bond motifs is 3. The molecule has 0 radical (unpaired) electrons. The van der Waals surface area contributed by atoms with Gasteiger partial charge in [-0.15, -0.1) is 0 Å². The van der Waals surface area contributed by atoms with Crippen LogP contribution in [0.1, 0.15) is 57.1 Å². The molecule has 3 rings (SSSR count). The highest BCUT2D eigenvalue weighted by atomic mass is 16.5. The molecule has 34 heavy (non-hydrogen) atoms. The molecular formula is C27H34N2O5. The fourth-order valence-electron chi connectivity index (χ4n) is 4.80. The number of alkyl carbamates (subject to hydrolysis) is 1. The van der Waals surface area contributed by atoms with E-state index in [-0.39, 0.29) is 31.4 Å². The largest absolute Gasteiger partial charge is 0.481 e. The lowest BCUT2D eigenvalue weighted by Gasteiger charge is -2.31. The lowest BCUT2D eigenvalue weighted by molar-refractivity contribution is -0.142. The standard InChI is InChI=1S/C27H34N2O5/c1-4-10-19(26(32)29(5-2)18(3)15-25(30)31)16-28-27(33)34-17-24-22-13-8-6-11-20(22)21-12-7-9-14-23(21)24/h6-9,11-14,18-19,24H,4-5,10,15-17H2,1-3H3,(H,28,33)(H,30,31). The van der Waals surface area contributed by atoms with Crippen LogP contribution >= 0.6 is 0 Å². The zero-order chi connectivity index (χ0) is 24.7. The van der Waals surface area contributed by atoms with Gasteiger partial charge in [0.2, 0.25) is 5.91 Å². The molecule has 0 aliphatic heterocycles. The second-order valence-electron chi connectivity index (χ2n) is 8.76. The summed E-state index contributed by atoms with van der Waals surface area (Å²) in [7, 11) is 0. The first-order valence-electron chi connectivity index (χ1n) is 12.0. The van der Waals surface area contributed by atoms with Crippen LogP contribution in [-0.4, -0.2) is 53.7 Å². The fraction of sp³-hybridized carbons (Fsp3) is 0.444. The average Bonchev–Trinajstić information content (AvgIpc) is 3.14. The van der Waals surface area contributed by atoms with Gasteiger partial charge in [0.1, 0.15) is 6.61 Å². The summed E-state index contributed by atoms with van der Waals surface area (Å²) >= 11 is 0. The molecule has 2 amide bonds. The molecule has 0 spiro atoms. The topological polar surface area (TPSA) is 95.9 Å². The first kappa shape index (κ1) is 25.3. The van der Waals surface area contributed by atoms with E-state index in [1.165, 1.54) is 0 Å². The van der Waals surface area contributed by atoms with Crippen molar-refractivity contribution >= 4 is 18.0 Å². The molecule has 1 aliphatic carbocycles. The normalized spacial score (nSPS) is 14.0. The van der Waals surface area contributed by atoms with Crippen LogP contribution in [0.3, 0.4) is 0 Å². The highest BCUT2D eigenvalue weighted by molar-refractivity contribution is 5.81. The van der Waals surface area contributed by atoms with Crippen LogP contribution in [0.5, 0.6) is 0 Å². The Bertz CT molecular complexity index is 976. The molecule has 2 aromatic rings. The van der Waals surface area contributed by atoms with E-state index in [1.54, 1.807) is 11.8 Å². The number of carboxylic acids is 1. The Balaban J connectivity index is 1.60. The van der Waals surface area contributed by atoms with Crippen molar-refractivity contribution in [3.05, 3.63) is 59.7 Å². The molecule has 0 aromatic heterocycles. The van der Waals surface area contributed by atoms with Crippen molar-refractivity contribution in [2.24, 2.45) is 5.92 Å². The number of aliphatic carboxylic acids is 1. The third kappa shape index (κ3) is 5.76. The molecule has 0 saturated heterocycles. The number of ether oxygens (including phenoxy) is 1.